The summed E-state index contributed by atoms with van der Waals surface area (Å²) in [5.74, 6) is 1.61. The number of aryl methyl sites for hydroxylation is 4. The van der Waals surface area contributed by atoms with Crippen LogP contribution in [0.3, 0.4) is 0 Å². The molecule has 0 atom stereocenters. The Bertz CT molecular complexity index is 719. The molecule has 0 aliphatic carbocycles. The van der Waals surface area contributed by atoms with Crippen molar-refractivity contribution in [3.63, 3.8) is 0 Å². The standard InChI is InChI=1S/C22H24O4/c1-15-9-19(13-23)10-16(2)21(15)25-7-5-6-8-26-22-17(3)11-20(14-24)12-18(22)4/h5-6,9-14H,7-8H2,1-4H3/b6-5+. The molecule has 0 saturated heterocycles. The Hall–Kier alpha value is -2.88. The first-order chi connectivity index (χ1) is 12.5. The first kappa shape index (κ1) is 19.4. The Kier molecular flexibility index (Phi) is 6.73. The second kappa shape index (κ2) is 8.99. The van der Waals surface area contributed by atoms with Gasteiger partial charge in [0, 0.05) is 11.1 Å². The van der Waals surface area contributed by atoms with Crippen LogP contribution < -0.4 is 9.47 Å². The molecule has 0 spiro atoms. The lowest BCUT2D eigenvalue weighted by molar-refractivity contribution is 0.111. The lowest BCUT2D eigenvalue weighted by Gasteiger charge is -2.12. The quantitative estimate of drug-likeness (QED) is 0.516. The molecule has 0 radical (unpaired) electrons. The van der Waals surface area contributed by atoms with Gasteiger partial charge in [-0.2, -0.15) is 0 Å². The van der Waals surface area contributed by atoms with Crippen LogP contribution in [-0.4, -0.2) is 25.8 Å². The van der Waals surface area contributed by atoms with Gasteiger partial charge in [0.2, 0.25) is 0 Å². The molecule has 0 aliphatic heterocycles. The highest BCUT2D eigenvalue weighted by Crippen LogP contribution is 2.25. The van der Waals surface area contributed by atoms with Crippen LogP contribution in [0.15, 0.2) is 36.4 Å². The minimum Gasteiger partial charge on any atom is -0.489 e. The average Bonchev–Trinajstić information content (AvgIpc) is 2.61. The average molecular weight is 352 g/mol. The number of carbonyl (C=O) groups is 2. The van der Waals surface area contributed by atoms with Gasteiger partial charge >= 0.3 is 0 Å². The summed E-state index contributed by atoms with van der Waals surface area (Å²) in [6.07, 6.45) is 5.48. The van der Waals surface area contributed by atoms with Crippen LogP contribution in [0.1, 0.15) is 43.0 Å². The van der Waals surface area contributed by atoms with Crippen LogP contribution in [0.25, 0.3) is 0 Å². The zero-order valence-corrected chi connectivity index (χ0v) is 15.7. The summed E-state index contributed by atoms with van der Waals surface area (Å²) in [6.45, 7) is 8.56. The maximum absolute atomic E-state index is 10.9. The number of hydrogen-bond donors (Lipinski definition) is 0. The van der Waals surface area contributed by atoms with Crippen molar-refractivity contribution < 1.29 is 19.1 Å². The number of benzene rings is 2. The smallest absolute Gasteiger partial charge is 0.150 e. The zero-order chi connectivity index (χ0) is 19.1. The summed E-state index contributed by atoms with van der Waals surface area (Å²) in [6, 6.07) is 7.26. The lowest BCUT2D eigenvalue weighted by Crippen LogP contribution is -2.02. The largest absolute Gasteiger partial charge is 0.489 e. The molecule has 2 rings (SSSR count). The number of carbonyl (C=O) groups excluding carboxylic acids is 2. The Balaban J connectivity index is 1.89. The molecule has 4 heteroatoms. The van der Waals surface area contributed by atoms with Crippen molar-refractivity contribution in [3.8, 4) is 11.5 Å². The van der Waals surface area contributed by atoms with Crippen LogP contribution >= 0.6 is 0 Å². The molecule has 0 amide bonds. The molecule has 2 aromatic carbocycles. The Morgan fingerprint density at radius 2 is 0.962 bits per heavy atom. The predicted octanol–water partition coefficient (Wildman–Crippen LogP) is 4.56. The van der Waals surface area contributed by atoms with E-state index in [0.717, 1.165) is 46.3 Å². The number of aldehydes is 2. The van der Waals surface area contributed by atoms with E-state index in [1.54, 1.807) is 0 Å². The van der Waals surface area contributed by atoms with Gasteiger partial charge in [0.25, 0.3) is 0 Å². The Labute approximate surface area is 154 Å². The van der Waals surface area contributed by atoms with Gasteiger partial charge in [0.15, 0.2) is 0 Å². The molecule has 0 aliphatic rings. The van der Waals surface area contributed by atoms with E-state index in [1.165, 1.54) is 0 Å². The maximum atomic E-state index is 10.9. The molecule has 4 nitrogen and oxygen atoms in total. The van der Waals surface area contributed by atoms with Gasteiger partial charge in [-0.25, -0.2) is 0 Å². The summed E-state index contributed by atoms with van der Waals surface area (Å²) in [5, 5.41) is 0. The fraction of sp³-hybridized carbons (Fsp3) is 0.273. The summed E-state index contributed by atoms with van der Waals surface area (Å²) < 4.78 is 11.6. The lowest BCUT2D eigenvalue weighted by atomic mass is 10.1. The summed E-state index contributed by atoms with van der Waals surface area (Å²) in [4.78, 5) is 21.7. The van der Waals surface area contributed by atoms with E-state index in [1.807, 2.05) is 64.1 Å². The number of ether oxygens (including phenoxy) is 2. The van der Waals surface area contributed by atoms with E-state index in [9.17, 15) is 9.59 Å². The van der Waals surface area contributed by atoms with Crippen LogP contribution in [-0.2, 0) is 0 Å². The third-order valence-electron chi connectivity index (χ3n) is 4.05. The molecule has 0 unspecified atom stereocenters. The van der Waals surface area contributed by atoms with E-state index in [-0.39, 0.29) is 0 Å². The summed E-state index contributed by atoms with van der Waals surface area (Å²) in [7, 11) is 0. The first-order valence-corrected chi connectivity index (χ1v) is 8.49. The van der Waals surface area contributed by atoms with E-state index in [2.05, 4.69) is 0 Å². The van der Waals surface area contributed by atoms with E-state index >= 15 is 0 Å². The molecule has 0 saturated carbocycles. The molecular weight excluding hydrogens is 328 g/mol. The topological polar surface area (TPSA) is 52.6 Å². The fourth-order valence-corrected chi connectivity index (χ4v) is 2.96. The van der Waals surface area contributed by atoms with Gasteiger partial charge in [-0.1, -0.05) is 0 Å². The SMILES string of the molecule is Cc1cc(C=O)cc(C)c1OC/C=C/COc1c(C)cc(C=O)cc1C. The van der Waals surface area contributed by atoms with Crippen molar-refractivity contribution in [3.05, 3.63) is 69.8 Å². The van der Waals surface area contributed by atoms with Crippen molar-refractivity contribution in [2.75, 3.05) is 13.2 Å². The zero-order valence-electron chi connectivity index (χ0n) is 15.7. The second-order valence-electron chi connectivity index (χ2n) is 6.30. The van der Waals surface area contributed by atoms with Crippen LogP contribution in [0, 0.1) is 27.7 Å². The molecule has 0 heterocycles. The van der Waals surface area contributed by atoms with Crippen molar-refractivity contribution in [2.45, 2.75) is 27.7 Å². The number of hydrogen-bond acceptors (Lipinski definition) is 4. The Morgan fingerprint density at radius 1 is 0.654 bits per heavy atom. The molecule has 136 valence electrons. The monoisotopic (exact) mass is 352 g/mol. The second-order valence-corrected chi connectivity index (χ2v) is 6.30. The van der Waals surface area contributed by atoms with Crippen LogP contribution in [0.5, 0.6) is 11.5 Å². The maximum Gasteiger partial charge on any atom is 0.150 e. The molecule has 0 bridgehead atoms. The molecule has 2 aromatic rings. The highest BCUT2D eigenvalue weighted by Gasteiger charge is 2.06. The molecular formula is C22H24O4. The van der Waals surface area contributed by atoms with Gasteiger partial charge < -0.3 is 9.47 Å². The first-order valence-electron chi connectivity index (χ1n) is 8.49. The van der Waals surface area contributed by atoms with E-state index in [4.69, 9.17) is 9.47 Å². The third kappa shape index (κ3) is 4.82. The molecule has 0 aromatic heterocycles. The third-order valence-corrected chi connectivity index (χ3v) is 4.05. The van der Waals surface area contributed by atoms with Crippen molar-refractivity contribution >= 4 is 12.6 Å². The van der Waals surface area contributed by atoms with E-state index < -0.39 is 0 Å². The highest BCUT2D eigenvalue weighted by atomic mass is 16.5. The van der Waals surface area contributed by atoms with Crippen molar-refractivity contribution in [1.29, 1.82) is 0 Å². The van der Waals surface area contributed by atoms with Gasteiger partial charge in [-0.3, -0.25) is 9.59 Å². The van der Waals surface area contributed by atoms with Crippen LogP contribution in [0.2, 0.25) is 0 Å². The number of rotatable bonds is 8. The minimum absolute atomic E-state index is 0.424. The van der Waals surface area contributed by atoms with Gasteiger partial charge in [-0.05, 0) is 86.4 Å². The van der Waals surface area contributed by atoms with Crippen molar-refractivity contribution in [2.24, 2.45) is 0 Å². The van der Waals surface area contributed by atoms with Gasteiger partial charge in [-0.15, -0.1) is 0 Å². The Morgan fingerprint density at radius 3 is 1.23 bits per heavy atom. The predicted molar refractivity (Wildman–Crippen MR) is 103 cm³/mol. The van der Waals surface area contributed by atoms with Crippen molar-refractivity contribution in [1.82, 2.24) is 0 Å². The summed E-state index contributed by atoms with van der Waals surface area (Å²) in [5.41, 5.74) is 5.08. The van der Waals surface area contributed by atoms with Gasteiger partial charge in [0.1, 0.15) is 37.3 Å². The summed E-state index contributed by atoms with van der Waals surface area (Å²) >= 11 is 0. The molecule has 0 N–H and O–H groups in total. The molecule has 0 fully saturated rings. The van der Waals surface area contributed by atoms with Gasteiger partial charge in [0.05, 0.1) is 0 Å². The van der Waals surface area contributed by atoms with E-state index in [0.29, 0.717) is 24.3 Å². The molecule has 26 heavy (non-hydrogen) atoms. The highest BCUT2D eigenvalue weighted by molar-refractivity contribution is 5.77. The van der Waals surface area contributed by atoms with Crippen LogP contribution in [0.4, 0.5) is 0 Å². The minimum atomic E-state index is 0.424. The normalized spacial score (nSPS) is 10.8. The fourth-order valence-electron chi connectivity index (χ4n) is 2.96.